The van der Waals surface area contributed by atoms with Crippen LogP contribution >= 0.6 is 0 Å². The number of piperidine rings is 1. The van der Waals surface area contributed by atoms with Crippen LogP contribution in [0.5, 0.6) is 0 Å². The van der Waals surface area contributed by atoms with E-state index >= 15 is 0 Å². The standard InChI is InChI=1S/C16H33N3/c1-3-10-18-12-7-16(8-13-18)19(11-4-2)14-15-6-5-9-17-15/h15-17H,3-14H2,1-2H3. The summed E-state index contributed by atoms with van der Waals surface area (Å²) < 4.78 is 0. The Morgan fingerprint density at radius 1 is 1.11 bits per heavy atom. The van der Waals surface area contributed by atoms with E-state index in [0.29, 0.717) is 0 Å². The summed E-state index contributed by atoms with van der Waals surface area (Å²) >= 11 is 0. The molecule has 2 fully saturated rings. The van der Waals surface area contributed by atoms with Crippen LogP contribution in [-0.4, -0.2) is 61.2 Å². The van der Waals surface area contributed by atoms with Crippen LogP contribution in [0.4, 0.5) is 0 Å². The molecule has 2 rings (SSSR count). The molecule has 0 bridgehead atoms. The minimum Gasteiger partial charge on any atom is -0.313 e. The van der Waals surface area contributed by atoms with Crippen LogP contribution < -0.4 is 5.32 Å². The van der Waals surface area contributed by atoms with Crippen molar-refractivity contribution in [1.29, 1.82) is 0 Å². The lowest BCUT2D eigenvalue weighted by molar-refractivity contribution is 0.101. The van der Waals surface area contributed by atoms with Crippen LogP contribution in [-0.2, 0) is 0 Å². The van der Waals surface area contributed by atoms with Gasteiger partial charge in [-0.15, -0.1) is 0 Å². The molecule has 2 aliphatic rings. The molecule has 0 saturated carbocycles. The zero-order chi connectivity index (χ0) is 13.5. The van der Waals surface area contributed by atoms with Gasteiger partial charge in [0.2, 0.25) is 0 Å². The Morgan fingerprint density at radius 3 is 2.47 bits per heavy atom. The van der Waals surface area contributed by atoms with Crippen molar-refractivity contribution in [3.63, 3.8) is 0 Å². The highest BCUT2D eigenvalue weighted by Gasteiger charge is 2.26. The van der Waals surface area contributed by atoms with Gasteiger partial charge in [0.15, 0.2) is 0 Å². The molecule has 1 N–H and O–H groups in total. The first-order valence-electron chi connectivity index (χ1n) is 8.53. The molecule has 0 radical (unpaired) electrons. The average Bonchev–Trinajstić information content (AvgIpc) is 2.93. The highest BCUT2D eigenvalue weighted by atomic mass is 15.2. The van der Waals surface area contributed by atoms with Crippen molar-refractivity contribution in [1.82, 2.24) is 15.1 Å². The summed E-state index contributed by atoms with van der Waals surface area (Å²) in [5.41, 5.74) is 0. The molecule has 2 heterocycles. The molecule has 1 unspecified atom stereocenters. The molecule has 112 valence electrons. The third kappa shape index (κ3) is 4.73. The molecule has 2 saturated heterocycles. The Labute approximate surface area is 119 Å². The van der Waals surface area contributed by atoms with Gasteiger partial charge in [0.25, 0.3) is 0 Å². The van der Waals surface area contributed by atoms with Gasteiger partial charge in [-0.05, 0) is 71.2 Å². The van der Waals surface area contributed by atoms with Crippen LogP contribution in [0, 0.1) is 0 Å². The Hall–Kier alpha value is -0.120. The van der Waals surface area contributed by atoms with E-state index in [9.17, 15) is 0 Å². The van der Waals surface area contributed by atoms with E-state index in [2.05, 4.69) is 29.0 Å². The summed E-state index contributed by atoms with van der Waals surface area (Å²) in [5, 5.41) is 3.66. The number of rotatable bonds is 7. The Bertz CT molecular complexity index is 230. The first-order valence-corrected chi connectivity index (χ1v) is 8.53. The van der Waals surface area contributed by atoms with Crippen LogP contribution in [0.2, 0.25) is 0 Å². The molecule has 0 aromatic heterocycles. The second-order valence-corrected chi connectivity index (χ2v) is 6.36. The number of likely N-dealkylation sites (tertiary alicyclic amines) is 1. The number of nitrogens with one attached hydrogen (secondary N) is 1. The Balaban J connectivity index is 1.78. The SMILES string of the molecule is CCCN1CCC(N(CCC)CC2CCCN2)CC1. The van der Waals surface area contributed by atoms with Crippen LogP contribution in [0.15, 0.2) is 0 Å². The van der Waals surface area contributed by atoms with Gasteiger partial charge >= 0.3 is 0 Å². The van der Waals surface area contributed by atoms with E-state index in [0.717, 1.165) is 12.1 Å². The van der Waals surface area contributed by atoms with Gasteiger partial charge < -0.3 is 10.2 Å². The molecule has 3 nitrogen and oxygen atoms in total. The zero-order valence-corrected chi connectivity index (χ0v) is 13.0. The summed E-state index contributed by atoms with van der Waals surface area (Å²) in [7, 11) is 0. The number of nitrogens with zero attached hydrogens (tertiary/aromatic N) is 2. The van der Waals surface area contributed by atoms with Gasteiger partial charge in [0.05, 0.1) is 0 Å². The van der Waals surface area contributed by atoms with Gasteiger partial charge in [-0.3, -0.25) is 4.90 Å². The van der Waals surface area contributed by atoms with Crippen molar-refractivity contribution < 1.29 is 0 Å². The van der Waals surface area contributed by atoms with E-state index in [-0.39, 0.29) is 0 Å². The van der Waals surface area contributed by atoms with Crippen molar-refractivity contribution in [2.45, 2.75) is 64.5 Å². The number of hydrogen-bond acceptors (Lipinski definition) is 3. The zero-order valence-electron chi connectivity index (χ0n) is 13.0. The normalized spacial score (nSPS) is 26.4. The molecular formula is C16H33N3. The quantitative estimate of drug-likeness (QED) is 0.764. The molecule has 2 aliphatic heterocycles. The predicted molar refractivity (Wildman–Crippen MR) is 82.6 cm³/mol. The second-order valence-electron chi connectivity index (χ2n) is 6.36. The smallest absolute Gasteiger partial charge is 0.0195 e. The number of hydrogen-bond donors (Lipinski definition) is 1. The van der Waals surface area contributed by atoms with Crippen molar-refractivity contribution >= 4 is 0 Å². The first kappa shape index (κ1) is 15.3. The maximum atomic E-state index is 3.66. The van der Waals surface area contributed by atoms with Gasteiger partial charge in [0.1, 0.15) is 0 Å². The molecule has 0 aromatic rings. The maximum Gasteiger partial charge on any atom is 0.0195 e. The van der Waals surface area contributed by atoms with Gasteiger partial charge in [-0.1, -0.05) is 13.8 Å². The fraction of sp³-hybridized carbons (Fsp3) is 1.00. The summed E-state index contributed by atoms with van der Waals surface area (Å²) in [5.74, 6) is 0. The van der Waals surface area contributed by atoms with Gasteiger partial charge in [-0.25, -0.2) is 0 Å². The fourth-order valence-electron chi connectivity index (χ4n) is 3.73. The minimum absolute atomic E-state index is 0.764. The summed E-state index contributed by atoms with van der Waals surface area (Å²) in [4.78, 5) is 5.43. The van der Waals surface area contributed by atoms with Crippen LogP contribution in [0.1, 0.15) is 52.4 Å². The first-order chi connectivity index (χ1) is 9.33. The van der Waals surface area contributed by atoms with E-state index in [1.54, 1.807) is 0 Å². The third-order valence-electron chi connectivity index (χ3n) is 4.74. The highest BCUT2D eigenvalue weighted by Crippen LogP contribution is 2.19. The second kappa shape index (κ2) is 8.23. The predicted octanol–water partition coefficient (Wildman–Crippen LogP) is 2.32. The van der Waals surface area contributed by atoms with Crippen LogP contribution in [0.3, 0.4) is 0 Å². The molecule has 1 atom stereocenters. The Morgan fingerprint density at radius 2 is 1.89 bits per heavy atom. The summed E-state index contributed by atoms with van der Waals surface area (Å²) in [6.07, 6.45) is 8.12. The highest BCUT2D eigenvalue weighted by molar-refractivity contribution is 4.84. The molecule has 3 heteroatoms. The van der Waals surface area contributed by atoms with E-state index < -0.39 is 0 Å². The van der Waals surface area contributed by atoms with Crippen LogP contribution in [0.25, 0.3) is 0 Å². The summed E-state index contributed by atoms with van der Waals surface area (Å²) in [6, 6.07) is 1.61. The molecule has 0 aromatic carbocycles. The molecule has 0 aliphatic carbocycles. The van der Waals surface area contributed by atoms with Gasteiger partial charge in [0, 0.05) is 18.6 Å². The molecular weight excluding hydrogens is 234 g/mol. The van der Waals surface area contributed by atoms with E-state index in [1.807, 2.05) is 0 Å². The lowest BCUT2D eigenvalue weighted by Crippen LogP contribution is -2.49. The van der Waals surface area contributed by atoms with Crippen molar-refractivity contribution in [3.8, 4) is 0 Å². The average molecular weight is 267 g/mol. The minimum atomic E-state index is 0.764. The molecule has 19 heavy (non-hydrogen) atoms. The summed E-state index contributed by atoms with van der Waals surface area (Å²) in [6.45, 7) is 12.4. The van der Waals surface area contributed by atoms with E-state index in [1.165, 1.54) is 77.8 Å². The van der Waals surface area contributed by atoms with Gasteiger partial charge in [-0.2, -0.15) is 0 Å². The van der Waals surface area contributed by atoms with Crippen molar-refractivity contribution in [2.24, 2.45) is 0 Å². The molecule has 0 amide bonds. The monoisotopic (exact) mass is 267 g/mol. The lowest BCUT2D eigenvalue weighted by Gasteiger charge is -2.39. The third-order valence-corrected chi connectivity index (χ3v) is 4.74. The maximum absolute atomic E-state index is 3.66. The molecule has 0 spiro atoms. The lowest BCUT2D eigenvalue weighted by atomic mass is 10.0. The largest absolute Gasteiger partial charge is 0.313 e. The van der Waals surface area contributed by atoms with Crippen molar-refractivity contribution in [3.05, 3.63) is 0 Å². The van der Waals surface area contributed by atoms with E-state index in [4.69, 9.17) is 0 Å². The Kier molecular flexibility index (Phi) is 6.62. The topological polar surface area (TPSA) is 18.5 Å². The van der Waals surface area contributed by atoms with Crippen molar-refractivity contribution in [2.75, 3.05) is 39.3 Å². The fourth-order valence-corrected chi connectivity index (χ4v) is 3.73.